The van der Waals surface area contributed by atoms with E-state index in [2.05, 4.69) is 4.72 Å². The van der Waals surface area contributed by atoms with Gasteiger partial charge in [-0.15, -0.1) is 0 Å². The van der Waals surface area contributed by atoms with Crippen molar-refractivity contribution in [2.24, 2.45) is 0 Å². The molecule has 3 rings (SSSR count). The number of esters is 1. The molecule has 1 amide bonds. The van der Waals surface area contributed by atoms with E-state index in [1.807, 2.05) is 45.0 Å². The molecule has 0 radical (unpaired) electrons. The highest BCUT2D eigenvalue weighted by molar-refractivity contribution is 7.89. The van der Waals surface area contributed by atoms with Crippen LogP contribution < -0.4 is 9.62 Å². The van der Waals surface area contributed by atoms with E-state index in [4.69, 9.17) is 4.74 Å². The molecule has 29 heavy (non-hydrogen) atoms. The summed E-state index contributed by atoms with van der Waals surface area (Å²) in [6.45, 7) is 4.63. The minimum absolute atomic E-state index is 0.0260. The summed E-state index contributed by atoms with van der Waals surface area (Å²) in [5.74, 6) is -1.15. The molecule has 0 aliphatic carbocycles. The van der Waals surface area contributed by atoms with Gasteiger partial charge >= 0.3 is 5.97 Å². The molecule has 0 unspecified atom stereocenters. The van der Waals surface area contributed by atoms with E-state index < -0.39 is 29.1 Å². The third-order valence-electron chi connectivity index (χ3n) is 5.03. The molecule has 154 valence electrons. The van der Waals surface area contributed by atoms with Crippen molar-refractivity contribution in [2.45, 2.75) is 38.1 Å². The van der Waals surface area contributed by atoms with Crippen LogP contribution >= 0.6 is 0 Å². The standard InChI is InChI=1S/C21H24N2O5S/c1-14-8-9-18(10-15(14)2)29(26,27)22-12-21(25)28-13-20(24)23-16(3)11-17-6-4-5-7-19(17)23/h4-10,16,22H,11-13H2,1-3H3/t16-/m0/s1. The number of nitrogens with zero attached hydrogens (tertiary/aromatic N) is 1. The molecule has 1 aliphatic rings. The van der Waals surface area contributed by atoms with E-state index in [1.54, 1.807) is 17.0 Å². The van der Waals surface area contributed by atoms with Gasteiger partial charge in [0.25, 0.3) is 5.91 Å². The Kier molecular flexibility index (Phi) is 6.04. The van der Waals surface area contributed by atoms with Crippen LogP contribution in [0.5, 0.6) is 0 Å². The van der Waals surface area contributed by atoms with Crippen molar-refractivity contribution < 1.29 is 22.7 Å². The van der Waals surface area contributed by atoms with Gasteiger partial charge in [-0.2, -0.15) is 4.72 Å². The Hall–Kier alpha value is -2.71. The third kappa shape index (κ3) is 4.65. The maximum atomic E-state index is 12.5. The Morgan fingerprint density at radius 1 is 1.14 bits per heavy atom. The summed E-state index contributed by atoms with van der Waals surface area (Å²) in [5, 5.41) is 0. The van der Waals surface area contributed by atoms with Crippen LogP contribution in [0, 0.1) is 13.8 Å². The zero-order chi connectivity index (χ0) is 21.2. The predicted octanol–water partition coefficient (Wildman–Crippen LogP) is 2.10. The molecule has 0 saturated carbocycles. The Balaban J connectivity index is 1.55. The fourth-order valence-electron chi connectivity index (χ4n) is 3.33. The molecule has 0 aromatic heterocycles. The van der Waals surface area contributed by atoms with Crippen LogP contribution in [0.3, 0.4) is 0 Å². The van der Waals surface area contributed by atoms with Gasteiger partial charge in [0, 0.05) is 11.7 Å². The Morgan fingerprint density at radius 3 is 2.59 bits per heavy atom. The van der Waals surface area contributed by atoms with Crippen molar-refractivity contribution in [3.05, 3.63) is 59.2 Å². The number of hydrogen-bond acceptors (Lipinski definition) is 5. The largest absolute Gasteiger partial charge is 0.455 e. The highest BCUT2D eigenvalue weighted by atomic mass is 32.2. The van der Waals surface area contributed by atoms with Crippen LogP contribution in [0.15, 0.2) is 47.4 Å². The molecule has 7 nitrogen and oxygen atoms in total. The molecule has 2 aromatic rings. The van der Waals surface area contributed by atoms with Crippen molar-refractivity contribution in [3.63, 3.8) is 0 Å². The van der Waals surface area contributed by atoms with Crippen molar-refractivity contribution in [3.8, 4) is 0 Å². The zero-order valence-corrected chi connectivity index (χ0v) is 17.5. The summed E-state index contributed by atoms with van der Waals surface area (Å²) in [7, 11) is -3.84. The number of ether oxygens (including phenoxy) is 1. The van der Waals surface area contributed by atoms with Gasteiger partial charge in [-0.05, 0) is 62.1 Å². The Bertz CT molecular complexity index is 1050. The number of nitrogens with one attached hydrogen (secondary N) is 1. The second kappa shape index (κ2) is 8.34. The van der Waals surface area contributed by atoms with E-state index in [0.29, 0.717) is 0 Å². The maximum Gasteiger partial charge on any atom is 0.321 e. The summed E-state index contributed by atoms with van der Waals surface area (Å²) in [6.07, 6.45) is 0.742. The number of para-hydroxylation sites is 1. The summed E-state index contributed by atoms with van der Waals surface area (Å²) in [4.78, 5) is 26.2. The highest BCUT2D eigenvalue weighted by Crippen LogP contribution is 2.31. The third-order valence-corrected chi connectivity index (χ3v) is 6.43. The van der Waals surface area contributed by atoms with Crippen molar-refractivity contribution in [2.75, 3.05) is 18.1 Å². The van der Waals surface area contributed by atoms with E-state index in [-0.39, 0.29) is 16.8 Å². The van der Waals surface area contributed by atoms with Crippen LogP contribution in [0.4, 0.5) is 5.69 Å². The first-order chi connectivity index (χ1) is 13.7. The summed E-state index contributed by atoms with van der Waals surface area (Å²) in [5.41, 5.74) is 3.69. The number of sulfonamides is 1. The van der Waals surface area contributed by atoms with Gasteiger partial charge in [-0.25, -0.2) is 8.42 Å². The summed E-state index contributed by atoms with van der Waals surface area (Å²) < 4.78 is 31.9. The fourth-order valence-corrected chi connectivity index (χ4v) is 4.38. The maximum absolute atomic E-state index is 12.5. The molecular weight excluding hydrogens is 392 g/mol. The number of benzene rings is 2. The van der Waals surface area contributed by atoms with Crippen molar-refractivity contribution in [1.29, 1.82) is 0 Å². The minimum atomic E-state index is -3.84. The number of aryl methyl sites for hydroxylation is 2. The summed E-state index contributed by atoms with van der Waals surface area (Å²) >= 11 is 0. The van der Waals surface area contributed by atoms with E-state index in [9.17, 15) is 18.0 Å². The number of hydrogen-bond donors (Lipinski definition) is 1. The lowest BCUT2D eigenvalue weighted by molar-refractivity contribution is -0.146. The van der Waals surface area contributed by atoms with Crippen LogP contribution in [-0.2, 0) is 30.8 Å². The quantitative estimate of drug-likeness (QED) is 0.728. The van der Waals surface area contributed by atoms with Crippen molar-refractivity contribution in [1.82, 2.24) is 4.72 Å². The zero-order valence-electron chi connectivity index (χ0n) is 16.6. The molecule has 1 aliphatic heterocycles. The lowest BCUT2D eigenvalue weighted by Crippen LogP contribution is -2.39. The second-order valence-corrected chi connectivity index (χ2v) is 8.94. The highest BCUT2D eigenvalue weighted by Gasteiger charge is 2.31. The molecule has 1 N–H and O–H groups in total. The molecule has 1 atom stereocenters. The number of rotatable bonds is 6. The number of carbonyl (C=O) groups is 2. The van der Waals surface area contributed by atoms with Gasteiger partial charge in [0.05, 0.1) is 4.90 Å². The van der Waals surface area contributed by atoms with E-state index in [1.165, 1.54) is 6.07 Å². The number of amides is 1. The fraction of sp³-hybridized carbons (Fsp3) is 0.333. The Morgan fingerprint density at radius 2 is 1.86 bits per heavy atom. The van der Waals surface area contributed by atoms with E-state index >= 15 is 0 Å². The monoisotopic (exact) mass is 416 g/mol. The van der Waals surface area contributed by atoms with Gasteiger partial charge in [0.1, 0.15) is 6.54 Å². The molecule has 0 spiro atoms. The minimum Gasteiger partial charge on any atom is -0.455 e. The molecule has 0 saturated heterocycles. The van der Waals surface area contributed by atoms with Gasteiger partial charge in [0.2, 0.25) is 10.0 Å². The first-order valence-electron chi connectivity index (χ1n) is 9.31. The first kappa shape index (κ1) is 21.0. The van der Waals surface area contributed by atoms with Crippen LogP contribution in [-0.4, -0.2) is 39.5 Å². The van der Waals surface area contributed by atoms with Crippen molar-refractivity contribution >= 4 is 27.6 Å². The van der Waals surface area contributed by atoms with Gasteiger partial charge in [-0.1, -0.05) is 24.3 Å². The molecule has 1 heterocycles. The molecular formula is C21H24N2O5S. The number of fused-ring (bicyclic) bond motifs is 1. The lowest BCUT2D eigenvalue weighted by atomic mass is 10.1. The smallest absolute Gasteiger partial charge is 0.321 e. The first-order valence-corrected chi connectivity index (χ1v) is 10.8. The van der Waals surface area contributed by atoms with Crippen LogP contribution in [0.2, 0.25) is 0 Å². The normalized spacial score (nSPS) is 15.8. The van der Waals surface area contributed by atoms with Gasteiger partial charge in [0.15, 0.2) is 6.61 Å². The van der Waals surface area contributed by atoms with E-state index in [0.717, 1.165) is 28.8 Å². The van der Waals surface area contributed by atoms with Crippen LogP contribution in [0.25, 0.3) is 0 Å². The molecule has 8 heteroatoms. The van der Waals surface area contributed by atoms with Gasteiger partial charge in [-0.3, -0.25) is 9.59 Å². The second-order valence-electron chi connectivity index (χ2n) is 7.18. The van der Waals surface area contributed by atoms with Gasteiger partial charge < -0.3 is 9.64 Å². The van der Waals surface area contributed by atoms with Crippen LogP contribution in [0.1, 0.15) is 23.6 Å². The Labute approximate surface area is 170 Å². The molecule has 0 fully saturated rings. The number of anilines is 1. The topological polar surface area (TPSA) is 92.8 Å². The average Bonchev–Trinajstić information content (AvgIpc) is 3.02. The lowest BCUT2D eigenvalue weighted by Gasteiger charge is -2.22. The molecule has 0 bridgehead atoms. The molecule has 2 aromatic carbocycles. The SMILES string of the molecule is Cc1ccc(S(=O)(=O)NCC(=O)OCC(=O)N2c3ccccc3C[C@@H]2C)cc1C. The average molecular weight is 416 g/mol. The predicted molar refractivity (Wildman–Crippen MR) is 109 cm³/mol. The number of carbonyl (C=O) groups excluding carboxylic acids is 2. The summed E-state index contributed by atoms with van der Waals surface area (Å²) in [6, 6.07) is 12.3.